The van der Waals surface area contributed by atoms with Gasteiger partial charge in [-0.05, 0) is 24.3 Å². The van der Waals surface area contributed by atoms with Gasteiger partial charge in [-0.15, -0.1) is 0 Å². The molecule has 3 unspecified atom stereocenters. The van der Waals surface area contributed by atoms with Crippen LogP contribution in [0, 0.1) is 0 Å². The van der Waals surface area contributed by atoms with Gasteiger partial charge in [-0.2, -0.15) is 0 Å². The average molecular weight is 397 g/mol. The van der Waals surface area contributed by atoms with E-state index in [0.717, 1.165) is 0 Å². The second-order valence-corrected chi connectivity index (χ2v) is 7.08. The molecule has 25 heavy (non-hydrogen) atoms. The van der Waals surface area contributed by atoms with E-state index in [1.165, 1.54) is 48.5 Å². The number of esters is 1. The van der Waals surface area contributed by atoms with Crippen LogP contribution in [0.4, 0.5) is 0 Å². The molecule has 0 amide bonds. The summed E-state index contributed by atoms with van der Waals surface area (Å²) in [5.74, 6) is -2.80. The predicted molar refractivity (Wildman–Crippen MR) is 86.8 cm³/mol. The van der Waals surface area contributed by atoms with Crippen LogP contribution in [0.5, 0.6) is 5.75 Å². The minimum Gasteiger partial charge on any atom is -0.776 e. The summed E-state index contributed by atoms with van der Waals surface area (Å²) in [5.41, 5.74) is -1.52. The zero-order valence-electron chi connectivity index (χ0n) is 13.0. The first-order valence-electron chi connectivity index (χ1n) is 6.62. The van der Waals surface area contributed by atoms with Crippen LogP contribution in [0.1, 0.15) is 11.4 Å². The van der Waals surface area contributed by atoms with Crippen molar-refractivity contribution in [1.82, 2.24) is 0 Å². The Labute approximate surface area is 166 Å². The minimum atomic E-state index is -5.01. The van der Waals surface area contributed by atoms with E-state index in [2.05, 4.69) is 0 Å². The molecule has 0 bridgehead atoms. The number of carbonyl (C=O) groups is 1. The van der Waals surface area contributed by atoms with Gasteiger partial charge in [0.1, 0.15) is 5.75 Å². The van der Waals surface area contributed by atoms with Crippen LogP contribution in [0.3, 0.4) is 0 Å². The van der Waals surface area contributed by atoms with Crippen LogP contribution < -0.4 is 28.5 Å². The van der Waals surface area contributed by atoms with Crippen molar-refractivity contribution < 1.29 is 47.5 Å². The Morgan fingerprint density at radius 1 is 1.12 bits per heavy atom. The molecular formula is C15H12Cl2LiO6P. The summed E-state index contributed by atoms with van der Waals surface area (Å²) in [6, 6.07) is 13.5. The summed E-state index contributed by atoms with van der Waals surface area (Å²) in [5, 5.41) is 0.466. The molecule has 2 aromatic rings. The summed E-state index contributed by atoms with van der Waals surface area (Å²) in [6.45, 7) is 0. The summed E-state index contributed by atoms with van der Waals surface area (Å²) in [4.78, 5) is 32.8. The first-order chi connectivity index (χ1) is 11.3. The Hall–Kier alpha value is -0.963. The zero-order valence-corrected chi connectivity index (χ0v) is 15.4. The minimum absolute atomic E-state index is 0. The molecule has 0 spiro atoms. The third-order valence-corrected chi connectivity index (χ3v) is 4.36. The zero-order chi connectivity index (χ0) is 17.7. The number of ether oxygens (including phenoxy) is 2. The topological polar surface area (TPSA) is 95.9 Å². The molecule has 2 rings (SSSR count). The van der Waals surface area contributed by atoms with E-state index in [1.54, 1.807) is 6.07 Å². The molecule has 0 radical (unpaired) electrons. The van der Waals surface area contributed by atoms with Crippen molar-refractivity contribution in [2.45, 2.75) is 11.4 Å². The molecule has 1 N–H and O–H groups in total. The van der Waals surface area contributed by atoms with Crippen molar-refractivity contribution in [1.29, 1.82) is 0 Å². The van der Waals surface area contributed by atoms with Crippen LogP contribution >= 0.6 is 30.8 Å². The van der Waals surface area contributed by atoms with Gasteiger partial charge in [0.15, 0.2) is 13.4 Å². The van der Waals surface area contributed by atoms with Crippen LogP contribution in [-0.2, 0) is 14.1 Å². The van der Waals surface area contributed by atoms with Gasteiger partial charge in [-0.3, -0.25) is 0 Å². The molecule has 0 saturated carbocycles. The van der Waals surface area contributed by atoms with Gasteiger partial charge in [0.2, 0.25) is 0 Å². The smallest absolute Gasteiger partial charge is 0.776 e. The van der Waals surface area contributed by atoms with E-state index in [4.69, 9.17) is 32.7 Å². The van der Waals surface area contributed by atoms with Crippen LogP contribution in [0.25, 0.3) is 0 Å². The Bertz CT molecular complexity index is 737. The molecule has 0 saturated heterocycles. The number of benzene rings is 2. The largest absolute Gasteiger partial charge is 1.00 e. The van der Waals surface area contributed by atoms with Gasteiger partial charge < -0.3 is 23.8 Å². The normalized spacial score (nSPS) is 15.2. The molecule has 6 nitrogen and oxygen atoms in total. The number of carbonyl (C=O) groups excluding carboxylic acids is 1. The third kappa shape index (κ3) is 6.69. The Kier molecular flexibility index (Phi) is 8.53. The summed E-state index contributed by atoms with van der Waals surface area (Å²) in [7, 11) is -5.01. The number of halogens is 2. The molecule has 3 atom stereocenters. The quantitative estimate of drug-likeness (QED) is 0.321. The monoisotopic (exact) mass is 396 g/mol. The van der Waals surface area contributed by atoms with E-state index in [9.17, 15) is 19.1 Å². The molecule has 2 aromatic carbocycles. The summed E-state index contributed by atoms with van der Waals surface area (Å²) in [6.07, 6.45) is 0. The van der Waals surface area contributed by atoms with Crippen molar-refractivity contribution >= 4 is 36.8 Å². The fourth-order valence-corrected chi connectivity index (χ4v) is 2.85. The first kappa shape index (κ1) is 22.1. The van der Waals surface area contributed by atoms with Gasteiger partial charge in [0.25, 0.3) is 5.56 Å². The van der Waals surface area contributed by atoms with Crippen molar-refractivity contribution in [3.63, 3.8) is 0 Å². The van der Waals surface area contributed by atoms with Gasteiger partial charge in [0, 0.05) is 10.6 Å². The van der Waals surface area contributed by atoms with Gasteiger partial charge in [0.05, 0.1) is 0 Å². The molecule has 10 heteroatoms. The molecule has 0 fully saturated rings. The Balaban J connectivity index is 0.00000312. The second kappa shape index (κ2) is 9.66. The van der Waals surface area contributed by atoms with E-state index in [0.29, 0.717) is 5.02 Å². The summed E-state index contributed by atoms with van der Waals surface area (Å²) < 4.78 is 21.4. The van der Waals surface area contributed by atoms with Gasteiger partial charge in [-0.25, -0.2) is 4.79 Å². The molecule has 0 aromatic heterocycles. The molecule has 128 valence electrons. The van der Waals surface area contributed by atoms with Gasteiger partial charge in [-0.1, -0.05) is 53.5 Å². The number of rotatable bonds is 6. The van der Waals surface area contributed by atoms with E-state index >= 15 is 0 Å². The molecular weight excluding hydrogens is 385 g/mol. The fourth-order valence-electron chi connectivity index (χ4n) is 1.78. The fraction of sp³-hybridized carbons (Fsp3) is 0.133. The summed E-state index contributed by atoms with van der Waals surface area (Å²) >= 11 is 11.5. The predicted octanol–water partition coefficient (Wildman–Crippen LogP) is 0.0754. The van der Waals surface area contributed by atoms with E-state index in [-0.39, 0.29) is 30.2 Å². The number of hydrogen-bond donors (Lipinski definition) is 1. The molecule has 0 aliphatic rings. The van der Waals surface area contributed by atoms with Crippen LogP contribution in [-0.4, -0.2) is 16.4 Å². The van der Waals surface area contributed by atoms with Crippen molar-refractivity contribution in [3.8, 4) is 5.75 Å². The van der Waals surface area contributed by atoms with Crippen molar-refractivity contribution in [2.75, 3.05) is 0 Å². The number of alkyl halides is 1. The van der Waals surface area contributed by atoms with E-state index in [1.807, 2.05) is 0 Å². The average Bonchev–Trinajstić information content (AvgIpc) is 2.54. The van der Waals surface area contributed by atoms with Crippen LogP contribution in [0.15, 0.2) is 54.6 Å². The standard InChI is InChI=1S/C15H13Cl2O6P.Li/c16-11-6-8-12(9-7-11)22-13(17)14(18)23-15(24(19,20)21)10-4-2-1-3-5-10;/h1-9,13,15H,(H2,19,20,21);/q;+1/p-1. The second-order valence-electron chi connectivity index (χ2n) is 4.65. The first-order valence-corrected chi connectivity index (χ1v) is 9.08. The van der Waals surface area contributed by atoms with E-state index < -0.39 is 25.0 Å². The third-order valence-electron chi connectivity index (χ3n) is 2.85. The molecule has 0 aliphatic carbocycles. The van der Waals surface area contributed by atoms with Crippen molar-refractivity contribution in [3.05, 3.63) is 65.2 Å². The molecule has 0 heterocycles. The van der Waals surface area contributed by atoms with Crippen molar-refractivity contribution in [2.24, 2.45) is 0 Å². The maximum atomic E-state index is 12.0. The Morgan fingerprint density at radius 3 is 2.20 bits per heavy atom. The maximum absolute atomic E-state index is 12.0. The molecule has 0 aliphatic heterocycles. The SMILES string of the molecule is O=C(OC(c1ccccc1)P(=O)([O-])O)C(Cl)Oc1ccc(Cl)cc1.[Li+]. The maximum Gasteiger partial charge on any atom is 1.00 e. The van der Waals surface area contributed by atoms with Gasteiger partial charge >= 0.3 is 24.8 Å². The van der Waals surface area contributed by atoms with Crippen LogP contribution in [0.2, 0.25) is 5.02 Å². The number of hydrogen-bond acceptors (Lipinski definition) is 5. The Morgan fingerprint density at radius 2 is 1.68 bits per heavy atom.